The number of methoxy groups -OCH3 is 1. The molecule has 0 spiro atoms. The minimum atomic E-state index is -3.63. The van der Waals surface area contributed by atoms with E-state index < -0.39 is 10.0 Å². The van der Waals surface area contributed by atoms with Gasteiger partial charge in [-0.1, -0.05) is 37.3 Å². The second kappa shape index (κ2) is 9.41. The van der Waals surface area contributed by atoms with E-state index in [9.17, 15) is 13.2 Å². The maximum Gasteiger partial charge on any atom is 0.243 e. The monoisotopic (exact) mass is 416 g/mol. The number of piperidine rings is 1. The number of hydrogen-bond donors (Lipinski definition) is 1. The van der Waals surface area contributed by atoms with E-state index in [1.807, 2.05) is 30.3 Å². The van der Waals surface area contributed by atoms with Crippen LogP contribution in [0.3, 0.4) is 0 Å². The van der Waals surface area contributed by atoms with Crippen molar-refractivity contribution in [1.29, 1.82) is 0 Å². The van der Waals surface area contributed by atoms with Gasteiger partial charge in [-0.2, -0.15) is 4.31 Å². The lowest BCUT2D eigenvalue weighted by Gasteiger charge is -2.31. The summed E-state index contributed by atoms with van der Waals surface area (Å²) in [5, 5.41) is 3.00. The lowest BCUT2D eigenvalue weighted by molar-refractivity contribution is -0.126. The first-order chi connectivity index (χ1) is 13.9. The molecule has 0 saturated carbocycles. The molecule has 1 amide bonds. The predicted octanol–water partition coefficient (Wildman–Crippen LogP) is 3.02. The third-order valence-electron chi connectivity index (χ3n) is 5.40. The molecular formula is C22H28N2O4S. The number of carbonyl (C=O) groups excluding carboxylic acids is 1. The van der Waals surface area contributed by atoms with E-state index in [1.165, 1.54) is 17.0 Å². The second-order valence-electron chi connectivity index (χ2n) is 7.43. The topological polar surface area (TPSA) is 75.7 Å². The molecule has 2 aromatic carbocycles. The molecule has 1 fully saturated rings. The molecule has 2 atom stereocenters. The van der Waals surface area contributed by atoms with Gasteiger partial charge >= 0.3 is 0 Å². The first-order valence-corrected chi connectivity index (χ1v) is 11.3. The third kappa shape index (κ3) is 5.16. The molecule has 1 aliphatic heterocycles. The molecule has 2 aromatic rings. The van der Waals surface area contributed by atoms with Crippen molar-refractivity contribution in [3.05, 3.63) is 60.2 Å². The van der Waals surface area contributed by atoms with E-state index in [0.717, 1.165) is 0 Å². The van der Waals surface area contributed by atoms with Crippen LogP contribution in [-0.4, -0.2) is 45.4 Å². The van der Waals surface area contributed by atoms with Crippen molar-refractivity contribution in [2.24, 2.45) is 5.92 Å². The summed E-state index contributed by atoms with van der Waals surface area (Å²) in [6.07, 6.45) is 1.36. The number of sulfonamides is 1. The van der Waals surface area contributed by atoms with Crippen molar-refractivity contribution in [2.45, 2.75) is 30.6 Å². The summed E-state index contributed by atoms with van der Waals surface area (Å²) in [4.78, 5) is 12.9. The highest BCUT2D eigenvalue weighted by molar-refractivity contribution is 7.89. The van der Waals surface area contributed by atoms with E-state index in [-0.39, 0.29) is 29.2 Å². The van der Waals surface area contributed by atoms with E-state index in [0.29, 0.717) is 31.7 Å². The van der Waals surface area contributed by atoms with Gasteiger partial charge in [-0.15, -0.1) is 0 Å². The summed E-state index contributed by atoms with van der Waals surface area (Å²) in [7, 11) is -2.09. The Balaban J connectivity index is 1.61. The molecule has 0 bridgehead atoms. The Morgan fingerprint density at radius 3 is 2.52 bits per heavy atom. The van der Waals surface area contributed by atoms with Gasteiger partial charge in [0.05, 0.1) is 17.9 Å². The highest BCUT2D eigenvalue weighted by atomic mass is 32.2. The molecule has 1 saturated heterocycles. The molecule has 0 aliphatic carbocycles. The summed E-state index contributed by atoms with van der Waals surface area (Å²) >= 11 is 0. The normalized spacial score (nSPS) is 18.8. The zero-order valence-electron chi connectivity index (χ0n) is 16.9. The highest BCUT2D eigenvalue weighted by Crippen LogP contribution is 2.25. The molecule has 29 heavy (non-hydrogen) atoms. The number of amides is 1. The van der Waals surface area contributed by atoms with Crippen molar-refractivity contribution in [2.75, 3.05) is 26.7 Å². The van der Waals surface area contributed by atoms with Crippen LogP contribution in [0.5, 0.6) is 5.75 Å². The molecule has 0 radical (unpaired) electrons. The number of benzene rings is 2. The van der Waals surface area contributed by atoms with Crippen LogP contribution in [0.25, 0.3) is 0 Å². The van der Waals surface area contributed by atoms with E-state index in [2.05, 4.69) is 12.2 Å². The maximum atomic E-state index is 13.0. The number of rotatable bonds is 7. The fraction of sp³-hybridized carbons (Fsp3) is 0.409. The summed E-state index contributed by atoms with van der Waals surface area (Å²) in [5.74, 6) is 0.386. The summed E-state index contributed by atoms with van der Waals surface area (Å²) in [5.41, 5.74) is 1.17. The quantitative estimate of drug-likeness (QED) is 0.753. The van der Waals surface area contributed by atoms with Crippen molar-refractivity contribution in [1.82, 2.24) is 9.62 Å². The fourth-order valence-corrected chi connectivity index (χ4v) is 5.09. The maximum absolute atomic E-state index is 13.0. The average molecular weight is 417 g/mol. The Morgan fingerprint density at radius 1 is 1.17 bits per heavy atom. The van der Waals surface area contributed by atoms with E-state index in [4.69, 9.17) is 4.74 Å². The number of hydrogen-bond acceptors (Lipinski definition) is 4. The molecule has 0 unspecified atom stereocenters. The van der Waals surface area contributed by atoms with Crippen LogP contribution in [-0.2, 0) is 14.8 Å². The minimum absolute atomic E-state index is 0.0811. The zero-order chi connectivity index (χ0) is 20.9. The molecule has 1 N–H and O–H groups in total. The van der Waals surface area contributed by atoms with Crippen LogP contribution in [0.4, 0.5) is 0 Å². The van der Waals surface area contributed by atoms with Crippen molar-refractivity contribution in [3.8, 4) is 5.75 Å². The lowest BCUT2D eigenvalue weighted by Crippen LogP contribution is -2.45. The van der Waals surface area contributed by atoms with Crippen LogP contribution in [0.15, 0.2) is 59.5 Å². The van der Waals surface area contributed by atoms with Gasteiger partial charge in [0.25, 0.3) is 0 Å². The van der Waals surface area contributed by atoms with Crippen molar-refractivity contribution in [3.63, 3.8) is 0 Å². The van der Waals surface area contributed by atoms with Crippen LogP contribution >= 0.6 is 0 Å². The zero-order valence-corrected chi connectivity index (χ0v) is 17.7. The molecule has 3 rings (SSSR count). The average Bonchev–Trinajstić information content (AvgIpc) is 2.78. The molecule has 1 heterocycles. The van der Waals surface area contributed by atoms with Gasteiger partial charge in [0.2, 0.25) is 15.9 Å². The number of nitrogens with one attached hydrogen (secondary N) is 1. The second-order valence-corrected chi connectivity index (χ2v) is 9.37. The van der Waals surface area contributed by atoms with Crippen molar-refractivity contribution < 1.29 is 17.9 Å². The van der Waals surface area contributed by atoms with Gasteiger partial charge in [-0.3, -0.25) is 4.79 Å². The van der Waals surface area contributed by atoms with Crippen LogP contribution < -0.4 is 10.1 Å². The predicted molar refractivity (Wildman–Crippen MR) is 112 cm³/mol. The van der Waals surface area contributed by atoms with E-state index >= 15 is 0 Å². The van der Waals surface area contributed by atoms with Gasteiger partial charge in [-0.05, 0) is 48.6 Å². The van der Waals surface area contributed by atoms with E-state index in [1.54, 1.807) is 24.3 Å². The smallest absolute Gasteiger partial charge is 0.243 e. The van der Waals surface area contributed by atoms with Crippen molar-refractivity contribution >= 4 is 15.9 Å². The van der Waals surface area contributed by atoms with Crippen LogP contribution in [0, 0.1) is 5.92 Å². The standard InChI is InChI=1S/C22H28N2O4S/c1-17(18-7-4-3-5-8-18)15-23-22(25)19-9-6-14-24(16-19)29(26,27)21-12-10-20(28-2)11-13-21/h3-5,7-8,10-13,17,19H,6,9,14-16H2,1-2H3,(H,23,25)/t17-,19-/m1/s1. The molecule has 156 valence electrons. The number of ether oxygens (including phenoxy) is 1. The Kier molecular flexibility index (Phi) is 6.92. The summed E-state index contributed by atoms with van der Waals surface area (Å²) in [6, 6.07) is 16.4. The van der Waals surface area contributed by atoms with Gasteiger partial charge in [-0.25, -0.2) is 8.42 Å². The molecule has 1 aliphatic rings. The number of carbonyl (C=O) groups is 1. The lowest BCUT2D eigenvalue weighted by atomic mass is 9.97. The number of nitrogens with zero attached hydrogens (tertiary/aromatic N) is 1. The minimum Gasteiger partial charge on any atom is -0.497 e. The largest absolute Gasteiger partial charge is 0.497 e. The van der Waals surface area contributed by atoms with Crippen LogP contribution in [0.2, 0.25) is 0 Å². The first-order valence-electron chi connectivity index (χ1n) is 9.88. The fourth-order valence-electron chi connectivity index (χ4n) is 3.57. The van der Waals surface area contributed by atoms with Gasteiger partial charge in [0.15, 0.2) is 0 Å². The SMILES string of the molecule is COc1ccc(S(=O)(=O)N2CCC[C@@H](C(=O)NC[C@@H](C)c3ccccc3)C2)cc1. The van der Waals surface area contributed by atoms with Crippen LogP contribution in [0.1, 0.15) is 31.2 Å². The summed E-state index contributed by atoms with van der Waals surface area (Å²) in [6.45, 7) is 3.24. The molecular weight excluding hydrogens is 388 g/mol. The Morgan fingerprint density at radius 2 is 1.86 bits per heavy atom. The van der Waals surface area contributed by atoms with Gasteiger partial charge < -0.3 is 10.1 Å². The summed E-state index contributed by atoms with van der Waals surface area (Å²) < 4.78 is 32.4. The molecule has 6 nitrogen and oxygen atoms in total. The Labute approximate surface area is 172 Å². The first kappa shape index (κ1) is 21.3. The Bertz CT molecular complexity index is 914. The van der Waals surface area contributed by atoms with Gasteiger partial charge in [0.1, 0.15) is 5.75 Å². The highest BCUT2D eigenvalue weighted by Gasteiger charge is 2.33. The van der Waals surface area contributed by atoms with Gasteiger partial charge in [0, 0.05) is 19.6 Å². The molecule has 7 heteroatoms. The molecule has 0 aromatic heterocycles. The Hall–Kier alpha value is -2.38. The third-order valence-corrected chi connectivity index (χ3v) is 7.28.